The van der Waals surface area contributed by atoms with Gasteiger partial charge in [0.25, 0.3) is 7.82 Å². The maximum atomic E-state index is 13.5. The minimum absolute atomic E-state index is 0.0376. The van der Waals surface area contributed by atoms with Crippen LogP contribution < -0.4 is 10.2 Å². The van der Waals surface area contributed by atoms with E-state index in [2.05, 4.69) is 111 Å². The summed E-state index contributed by atoms with van der Waals surface area (Å²) in [4.78, 5) is 39.8. The van der Waals surface area contributed by atoms with E-state index in [0.29, 0.717) is 23.9 Å². The second kappa shape index (κ2) is 51.4. The van der Waals surface area contributed by atoms with Gasteiger partial charge in [-0.25, -0.2) is 0 Å². The van der Waals surface area contributed by atoms with Crippen LogP contribution in [0.2, 0.25) is 0 Å². The number of rotatable bonds is 51. The molecule has 0 aliphatic rings. The molecule has 0 aromatic heterocycles. The zero-order chi connectivity index (χ0) is 52.9. The minimum atomic E-state index is -4.71. The molecular weight excluding hydrogens is 916 g/mol. The quantitative estimate of drug-likeness (QED) is 0.0212. The Labute approximate surface area is 443 Å². The van der Waals surface area contributed by atoms with E-state index in [1.54, 1.807) is 0 Å². The third kappa shape index (κ3) is 51.8. The zero-order valence-corrected chi connectivity index (χ0v) is 48.0. The molecule has 72 heavy (non-hydrogen) atoms. The number of quaternary nitrogens is 1. The zero-order valence-electron chi connectivity index (χ0n) is 47.1. The highest BCUT2D eigenvalue weighted by molar-refractivity contribution is 7.45. The summed E-state index contributed by atoms with van der Waals surface area (Å²) in [6.07, 6.45) is 68.1. The van der Waals surface area contributed by atoms with Gasteiger partial charge in [0.2, 0.25) is 5.91 Å². The number of nitrogens with one attached hydrogen (secondary N) is 1. The molecule has 0 saturated carbocycles. The number of phosphoric acid groups is 1. The van der Waals surface area contributed by atoms with Crippen molar-refractivity contribution in [1.29, 1.82) is 0 Å². The van der Waals surface area contributed by atoms with E-state index in [0.717, 1.165) is 96.3 Å². The first-order valence-electron chi connectivity index (χ1n) is 29.0. The lowest BCUT2D eigenvalue weighted by Crippen LogP contribution is -2.47. The number of esters is 1. The van der Waals surface area contributed by atoms with E-state index in [9.17, 15) is 19.0 Å². The van der Waals surface area contributed by atoms with Crippen molar-refractivity contribution in [1.82, 2.24) is 5.32 Å². The Morgan fingerprint density at radius 2 is 0.889 bits per heavy atom. The number of nitrogens with zero attached hydrogens (tertiary/aromatic N) is 1. The van der Waals surface area contributed by atoms with Crippen LogP contribution in [0.5, 0.6) is 0 Å². The first kappa shape index (κ1) is 68.9. The summed E-state index contributed by atoms with van der Waals surface area (Å²) in [6, 6.07) is -0.921. The number of carbonyl (C=O) groups excluding carboxylic acids is 2. The van der Waals surface area contributed by atoms with Gasteiger partial charge in [0.05, 0.1) is 33.8 Å². The van der Waals surface area contributed by atoms with Crippen LogP contribution in [0, 0.1) is 0 Å². The van der Waals surface area contributed by atoms with Crippen molar-refractivity contribution in [2.75, 3.05) is 40.9 Å². The van der Waals surface area contributed by atoms with Gasteiger partial charge >= 0.3 is 5.97 Å². The van der Waals surface area contributed by atoms with Gasteiger partial charge in [0.1, 0.15) is 19.3 Å². The van der Waals surface area contributed by atoms with Crippen molar-refractivity contribution in [2.45, 2.75) is 245 Å². The van der Waals surface area contributed by atoms with Crippen molar-refractivity contribution >= 4 is 19.7 Å². The lowest BCUT2D eigenvalue weighted by molar-refractivity contribution is -0.870. The van der Waals surface area contributed by atoms with Gasteiger partial charge in [-0.05, 0) is 109 Å². The summed E-state index contributed by atoms with van der Waals surface area (Å²) in [6.45, 7) is 6.65. The number of hydrogen-bond acceptors (Lipinski definition) is 7. The minimum Gasteiger partial charge on any atom is -0.756 e. The van der Waals surface area contributed by atoms with Crippen LogP contribution in [0.4, 0.5) is 0 Å². The van der Waals surface area contributed by atoms with Gasteiger partial charge in [-0.3, -0.25) is 14.2 Å². The van der Waals surface area contributed by atoms with Crippen molar-refractivity contribution < 1.29 is 37.3 Å². The van der Waals surface area contributed by atoms with E-state index >= 15 is 0 Å². The van der Waals surface area contributed by atoms with Crippen molar-refractivity contribution in [3.63, 3.8) is 0 Å². The predicted octanol–water partition coefficient (Wildman–Crippen LogP) is 17.0. The highest BCUT2D eigenvalue weighted by atomic mass is 31.2. The molecule has 1 amide bonds. The molecule has 3 atom stereocenters. The van der Waals surface area contributed by atoms with E-state index in [1.807, 2.05) is 33.3 Å². The van der Waals surface area contributed by atoms with Gasteiger partial charge in [-0.2, -0.15) is 0 Å². The smallest absolute Gasteiger partial charge is 0.306 e. The average Bonchev–Trinajstić information content (AvgIpc) is 3.34. The number of amides is 1. The number of phosphoric ester groups is 1. The summed E-state index contributed by atoms with van der Waals surface area (Å²) in [5.74, 6) is -0.617. The molecule has 10 heteroatoms. The summed E-state index contributed by atoms with van der Waals surface area (Å²) in [5, 5.41) is 2.99. The molecule has 0 aliphatic carbocycles. The third-order valence-electron chi connectivity index (χ3n) is 12.2. The highest BCUT2D eigenvalue weighted by Gasteiger charge is 2.27. The molecule has 1 N–H and O–H groups in total. The Bertz CT molecular complexity index is 1560. The van der Waals surface area contributed by atoms with E-state index < -0.39 is 26.6 Å². The second-order valence-corrected chi connectivity index (χ2v) is 21.8. The molecule has 0 heterocycles. The van der Waals surface area contributed by atoms with Gasteiger partial charge in [0.15, 0.2) is 0 Å². The van der Waals surface area contributed by atoms with E-state index in [4.69, 9.17) is 13.8 Å². The monoisotopic (exact) mass is 1020 g/mol. The molecule has 0 rings (SSSR count). The Morgan fingerprint density at radius 3 is 1.36 bits per heavy atom. The SMILES string of the molecule is CC/C=C\C/C=C\C/C=C\C/C=C\C/C=C\C/C=C\CCCCC(=O)NC(COP(=O)([O-])OCC[N+](C)(C)C)C(/C=C\CCCCCCCCCCC)OC(=O)CCCCC/C=C\CCCCCCCCC. The standard InChI is InChI=1S/C62H109N2O7P/c1-7-10-13-16-19-22-25-27-29-30-31-32-33-34-35-36-39-42-45-48-51-54-61(65)63-59(58-70-72(67,68)69-57-56-64(4,5)6)60(53-50-47-44-41-38-24-21-18-15-12-9-3)71-62(66)55-52-49-46-43-40-37-28-26-23-20-17-14-11-8-2/h10,13,19,22,27,29,31-32,34-35,37,39-40,42,50,53,59-60H,7-9,11-12,14-18,20-21,23-26,28,30,33,36,38,41,43-49,51-52,54-58H2,1-6H3,(H-,63,65,67,68)/b13-10-,22-19-,29-27-,32-31-,35-34-,40-37-,42-39-,53-50-. The van der Waals surface area contributed by atoms with Crippen LogP contribution >= 0.6 is 7.82 Å². The highest BCUT2D eigenvalue weighted by Crippen LogP contribution is 2.38. The van der Waals surface area contributed by atoms with Gasteiger partial charge in [-0.15, -0.1) is 0 Å². The molecule has 0 bridgehead atoms. The molecule has 0 spiro atoms. The van der Waals surface area contributed by atoms with E-state index in [1.165, 1.54) is 89.9 Å². The normalized spacial score (nSPS) is 14.5. The molecule has 0 aromatic rings. The number of likely N-dealkylation sites (N-methyl/N-ethyl adjacent to an activating group) is 1. The Kier molecular flexibility index (Phi) is 49.2. The lowest BCUT2D eigenvalue weighted by Gasteiger charge is -2.30. The fourth-order valence-corrected chi connectivity index (χ4v) is 8.48. The predicted molar refractivity (Wildman–Crippen MR) is 307 cm³/mol. The molecule has 0 fully saturated rings. The van der Waals surface area contributed by atoms with Gasteiger partial charge in [-0.1, -0.05) is 208 Å². The fraction of sp³-hybridized carbons (Fsp3) is 0.710. The van der Waals surface area contributed by atoms with Crippen molar-refractivity contribution in [3.05, 3.63) is 97.2 Å². The van der Waals surface area contributed by atoms with Crippen LogP contribution in [-0.4, -0.2) is 69.4 Å². The number of carbonyl (C=O) groups is 2. The Balaban J connectivity index is 5.39. The topological polar surface area (TPSA) is 114 Å². The Morgan fingerprint density at radius 1 is 0.500 bits per heavy atom. The maximum absolute atomic E-state index is 13.5. The number of hydrogen-bond donors (Lipinski definition) is 1. The summed E-state index contributed by atoms with van der Waals surface area (Å²) < 4.78 is 30.2. The fourth-order valence-electron chi connectivity index (χ4n) is 7.75. The average molecular weight is 1030 g/mol. The van der Waals surface area contributed by atoms with Crippen LogP contribution in [-0.2, 0) is 27.9 Å². The first-order chi connectivity index (χ1) is 34.9. The summed E-state index contributed by atoms with van der Waals surface area (Å²) >= 11 is 0. The van der Waals surface area contributed by atoms with Crippen LogP contribution in [0.3, 0.4) is 0 Å². The largest absolute Gasteiger partial charge is 0.756 e. The van der Waals surface area contributed by atoms with Crippen LogP contribution in [0.1, 0.15) is 233 Å². The van der Waals surface area contributed by atoms with Crippen molar-refractivity contribution in [2.24, 2.45) is 0 Å². The Hall–Kier alpha value is -3.07. The molecule has 3 unspecified atom stereocenters. The summed E-state index contributed by atoms with van der Waals surface area (Å²) in [7, 11) is 1.13. The molecule has 0 saturated heterocycles. The van der Waals surface area contributed by atoms with Crippen molar-refractivity contribution in [3.8, 4) is 0 Å². The van der Waals surface area contributed by atoms with Crippen LogP contribution in [0.25, 0.3) is 0 Å². The third-order valence-corrected chi connectivity index (χ3v) is 13.2. The molecule has 0 aromatic carbocycles. The molecule has 0 aliphatic heterocycles. The summed E-state index contributed by atoms with van der Waals surface area (Å²) in [5.41, 5.74) is 0. The lowest BCUT2D eigenvalue weighted by atomic mass is 10.1. The molecule has 414 valence electrons. The maximum Gasteiger partial charge on any atom is 0.306 e. The number of unbranched alkanes of at least 4 members (excludes halogenated alkanes) is 21. The van der Waals surface area contributed by atoms with Crippen LogP contribution in [0.15, 0.2) is 97.2 Å². The van der Waals surface area contributed by atoms with E-state index in [-0.39, 0.29) is 31.3 Å². The first-order valence-corrected chi connectivity index (χ1v) is 30.5. The molecule has 0 radical (unpaired) electrons. The molecule has 9 nitrogen and oxygen atoms in total. The molecular formula is C62H109N2O7P. The van der Waals surface area contributed by atoms with Gasteiger partial charge in [0, 0.05) is 12.8 Å². The van der Waals surface area contributed by atoms with Gasteiger partial charge < -0.3 is 28.5 Å². The number of allylic oxidation sites excluding steroid dienone is 15. The second-order valence-electron chi connectivity index (χ2n) is 20.4. The number of ether oxygens (including phenoxy) is 1.